The van der Waals surface area contributed by atoms with Crippen molar-refractivity contribution >= 4 is 17.3 Å². The number of ether oxygens (including phenoxy) is 1. The number of nitrogens with zero attached hydrogens (tertiary/aromatic N) is 2. The quantitative estimate of drug-likeness (QED) is 0.370. The van der Waals surface area contributed by atoms with Gasteiger partial charge in [0.05, 0.1) is 33.6 Å². The van der Waals surface area contributed by atoms with Crippen LogP contribution in [0.25, 0.3) is 0 Å². The number of non-ortho nitro benzene ring substituents is 2. The molecule has 0 aliphatic rings. The predicted molar refractivity (Wildman–Crippen MR) is 80.6 cm³/mol. The maximum atomic E-state index is 12.3. The number of carbonyl (C=O) groups excluding carboxylic acids is 1. The molecular formula is C15H12N2O6. The molecule has 8 nitrogen and oxygen atoms in total. The van der Waals surface area contributed by atoms with Gasteiger partial charge in [0.1, 0.15) is 5.75 Å². The van der Waals surface area contributed by atoms with E-state index in [0.717, 1.165) is 18.2 Å². The Morgan fingerprint density at radius 1 is 0.957 bits per heavy atom. The molecule has 0 aliphatic heterocycles. The summed E-state index contributed by atoms with van der Waals surface area (Å²) < 4.78 is 5.10. The second kappa shape index (κ2) is 6.22. The van der Waals surface area contributed by atoms with E-state index in [-0.39, 0.29) is 5.75 Å². The third-order valence-corrected chi connectivity index (χ3v) is 3.19. The van der Waals surface area contributed by atoms with Crippen molar-refractivity contribution < 1.29 is 19.4 Å². The largest absolute Gasteiger partial charge is 0.422 e. The van der Waals surface area contributed by atoms with Gasteiger partial charge in [-0.2, -0.15) is 0 Å². The number of carbonyl (C=O) groups is 1. The second-order valence-electron chi connectivity index (χ2n) is 4.86. The van der Waals surface area contributed by atoms with Crippen LogP contribution < -0.4 is 4.74 Å². The van der Waals surface area contributed by atoms with E-state index in [2.05, 4.69) is 0 Å². The first-order chi connectivity index (χ1) is 10.8. The minimum atomic E-state index is -0.788. The van der Waals surface area contributed by atoms with E-state index < -0.39 is 27.2 Å². The van der Waals surface area contributed by atoms with Gasteiger partial charge in [0, 0.05) is 0 Å². The first-order valence-electron chi connectivity index (χ1n) is 6.52. The van der Waals surface area contributed by atoms with Crippen molar-refractivity contribution in [3.8, 4) is 5.75 Å². The van der Waals surface area contributed by atoms with Crippen LogP contribution in [-0.2, 0) is 0 Å². The lowest BCUT2D eigenvalue weighted by Crippen LogP contribution is -2.12. The maximum Gasteiger partial charge on any atom is 0.344 e. The van der Waals surface area contributed by atoms with Gasteiger partial charge >= 0.3 is 5.97 Å². The molecule has 2 aromatic rings. The van der Waals surface area contributed by atoms with Gasteiger partial charge in [-0.25, -0.2) is 4.79 Å². The Morgan fingerprint density at radius 3 is 1.87 bits per heavy atom. The third kappa shape index (κ3) is 3.49. The Labute approximate surface area is 130 Å². The van der Waals surface area contributed by atoms with Crippen LogP contribution in [0.2, 0.25) is 0 Å². The molecule has 0 saturated carbocycles. The normalized spacial score (nSPS) is 10.2. The van der Waals surface area contributed by atoms with Crippen molar-refractivity contribution in [2.75, 3.05) is 0 Å². The van der Waals surface area contributed by atoms with Gasteiger partial charge in [0.25, 0.3) is 11.4 Å². The minimum Gasteiger partial charge on any atom is -0.422 e. The van der Waals surface area contributed by atoms with E-state index in [0.29, 0.717) is 16.7 Å². The highest BCUT2D eigenvalue weighted by atomic mass is 16.6. The minimum absolute atomic E-state index is 0.251. The summed E-state index contributed by atoms with van der Waals surface area (Å²) in [6, 6.07) is 7.96. The number of hydrogen-bond acceptors (Lipinski definition) is 6. The van der Waals surface area contributed by atoms with Gasteiger partial charge in [0.15, 0.2) is 0 Å². The fourth-order valence-corrected chi connectivity index (χ4v) is 2.13. The number of hydrogen-bond donors (Lipinski definition) is 0. The molecule has 0 aromatic heterocycles. The molecule has 8 heteroatoms. The van der Waals surface area contributed by atoms with Crippen LogP contribution in [0.5, 0.6) is 5.75 Å². The van der Waals surface area contributed by atoms with Crippen molar-refractivity contribution in [2.45, 2.75) is 13.8 Å². The van der Waals surface area contributed by atoms with Crippen LogP contribution in [0.3, 0.4) is 0 Å². The fraction of sp³-hybridized carbons (Fsp3) is 0.133. The van der Waals surface area contributed by atoms with Gasteiger partial charge in [-0.05, 0) is 25.0 Å². The number of esters is 1. The Kier molecular flexibility index (Phi) is 4.35. The number of aryl methyl sites for hydroxylation is 2. The Bertz CT molecular complexity index is 763. The average molecular weight is 316 g/mol. The van der Waals surface area contributed by atoms with E-state index in [1.165, 1.54) is 0 Å². The lowest BCUT2D eigenvalue weighted by molar-refractivity contribution is -0.394. The SMILES string of the molecule is Cc1cccc(C)c1C(=O)Oc1cc([N+](=O)[O-])cc([N+](=O)[O-])c1. The van der Waals surface area contributed by atoms with Crippen LogP contribution in [0.4, 0.5) is 11.4 Å². The van der Waals surface area contributed by atoms with Crippen molar-refractivity contribution in [1.29, 1.82) is 0 Å². The third-order valence-electron chi connectivity index (χ3n) is 3.19. The van der Waals surface area contributed by atoms with Crippen LogP contribution in [0.1, 0.15) is 21.5 Å². The highest BCUT2D eigenvalue weighted by molar-refractivity contribution is 5.94. The molecular weight excluding hydrogens is 304 g/mol. The molecule has 0 atom stereocenters. The highest BCUT2D eigenvalue weighted by Gasteiger charge is 2.20. The topological polar surface area (TPSA) is 113 Å². The highest BCUT2D eigenvalue weighted by Crippen LogP contribution is 2.28. The fourth-order valence-electron chi connectivity index (χ4n) is 2.13. The molecule has 0 aliphatic carbocycles. The molecule has 0 radical (unpaired) electrons. The van der Waals surface area contributed by atoms with Crippen LogP contribution >= 0.6 is 0 Å². The Balaban J connectivity index is 2.41. The van der Waals surface area contributed by atoms with Gasteiger partial charge in [-0.3, -0.25) is 20.2 Å². The van der Waals surface area contributed by atoms with Crippen molar-refractivity contribution in [1.82, 2.24) is 0 Å². The number of rotatable bonds is 4. The molecule has 0 unspecified atom stereocenters. The zero-order valence-corrected chi connectivity index (χ0v) is 12.3. The molecule has 0 spiro atoms. The summed E-state index contributed by atoms with van der Waals surface area (Å²) in [7, 11) is 0. The average Bonchev–Trinajstić information content (AvgIpc) is 2.46. The van der Waals surface area contributed by atoms with Gasteiger partial charge in [0.2, 0.25) is 0 Å². The molecule has 2 aromatic carbocycles. The van der Waals surface area contributed by atoms with E-state index in [9.17, 15) is 25.0 Å². The summed E-state index contributed by atoms with van der Waals surface area (Å²) in [5.74, 6) is -0.978. The molecule has 2 rings (SSSR count). The number of nitro groups is 2. The van der Waals surface area contributed by atoms with Gasteiger partial charge in [-0.1, -0.05) is 18.2 Å². The van der Waals surface area contributed by atoms with Crippen LogP contribution in [0.15, 0.2) is 36.4 Å². The van der Waals surface area contributed by atoms with E-state index in [1.807, 2.05) is 0 Å². The molecule has 0 bridgehead atoms. The van der Waals surface area contributed by atoms with Gasteiger partial charge in [-0.15, -0.1) is 0 Å². The maximum absolute atomic E-state index is 12.3. The summed E-state index contributed by atoms with van der Waals surface area (Å²) in [4.78, 5) is 32.3. The van der Waals surface area contributed by atoms with E-state index in [1.54, 1.807) is 32.0 Å². The number of benzene rings is 2. The van der Waals surface area contributed by atoms with E-state index >= 15 is 0 Å². The van der Waals surface area contributed by atoms with Crippen LogP contribution in [-0.4, -0.2) is 15.8 Å². The summed E-state index contributed by atoms with van der Waals surface area (Å²) in [5, 5.41) is 21.7. The monoisotopic (exact) mass is 316 g/mol. The lowest BCUT2D eigenvalue weighted by atomic mass is 10.0. The summed E-state index contributed by atoms with van der Waals surface area (Å²) in [5.41, 5.74) is 0.624. The van der Waals surface area contributed by atoms with E-state index in [4.69, 9.17) is 4.74 Å². The molecule has 0 saturated heterocycles. The van der Waals surface area contributed by atoms with Crippen molar-refractivity contribution in [3.05, 3.63) is 73.3 Å². The zero-order valence-electron chi connectivity index (χ0n) is 12.3. The molecule has 0 fully saturated rings. The smallest absolute Gasteiger partial charge is 0.344 e. The van der Waals surface area contributed by atoms with Crippen molar-refractivity contribution in [3.63, 3.8) is 0 Å². The zero-order chi connectivity index (χ0) is 17.1. The Hall–Kier alpha value is -3.29. The summed E-state index contributed by atoms with van der Waals surface area (Å²) in [6.45, 7) is 3.44. The lowest BCUT2D eigenvalue weighted by Gasteiger charge is -2.09. The Morgan fingerprint density at radius 2 is 1.43 bits per heavy atom. The number of nitro benzene ring substituents is 2. The molecule has 0 N–H and O–H groups in total. The molecule has 0 amide bonds. The van der Waals surface area contributed by atoms with Gasteiger partial charge < -0.3 is 4.74 Å². The molecule has 118 valence electrons. The van der Waals surface area contributed by atoms with Crippen molar-refractivity contribution in [2.24, 2.45) is 0 Å². The molecule has 0 heterocycles. The summed E-state index contributed by atoms with van der Waals surface area (Å²) >= 11 is 0. The second-order valence-corrected chi connectivity index (χ2v) is 4.86. The molecule has 23 heavy (non-hydrogen) atoms. The first kappa shape index (κ1) is 16.1. The summed E-state index contributed by atoms with van der Waals surface area (Å²) in [6.07, 6.45) is 0. The van der Waals surface area contributed by atoms with Crippen LogP contribution in [0, 0.1) is 34.1 Å². The predicted octanol–water partition coefficient (Wildman–Crippen LogP) is 3.34. The standard InChI is InChI=1S/C15H12N2O6/c1-9-4-3-5-10(2)14(9)15(18)23-13-7-11(16(19)20)6-12(8-13)17(21)22/h3-8H,1-2H3. The first-order valence-corrected chi connectivity index (χ1v) is 6.52.